The number of aliphatic carboxylic acids is 2. The summed E-state index contributed by atoms with van der Waals surface area (Å²) >= 11 is 0. The fourth-order valence-corrected chi connectivity index (χ4v) is 1.33. The topological polar surface area (TPSA) is 113 Å². The summed E-state index contributed by atoms with van der Waals surface area (Å²) in [6.07, 6.45) is 0. The van der Waals surface area contributed by atoms with Crippen molar-refractivity contribution in [2.45, 2.75) is 19.9 Å². The molecule has 6 nitrogen and oxygen atoms in total. The zero-order valence-corrected chi connectivity index (χ0v) is 10.3. The molecule has 6 heteroatoms. The van der Waals surface area contributed by atoms with Crippen molar-refractivity contribution < 1.29 is 19.8 Å². The summed E-state index contributed by atoms with van der Waals surface area (Å²) in [4.78, 5) is 18.2. The van der Waals surface area contributed by atoms with Crippen LogP contribution in [0.2, 0.25) is 0 Å². The first kappa shape index (κ1) is 16.1. The van der Waals surface area contributed by atoms with E-state index in [9.17, 15) is 0 Å². The van der Waals surface area contributed by atoms with E-state index in [4.69, 9.17) is 25.6 Å². The van der Waals surface area contributed by atoms with Gasteiger partial charge in [-0.15, -0.1) is 0 Å². The number of hydrogen-bond acceptors (Lipinski definition) is 4. The van der Waals surface area contributed by atoms with Gasteiger partial charge in [0.25, 0.3) is 0 Å². The van der Waals surface area contributed by atoms with Gasteiger partial charge in [0.1, 0.15) is 0 Å². The molecule has 0 aliphatic carbocycles. The Morgan fingerprint density at radius 1 is 1.11 bits per heavy atom. The highest BCUT2D eigenvalue weighted by atomic mass is 16.4. The third-order valence-electron chi connectivity index (χ3n) is 2.19. The van der Waals surface area contributed by atoms with Gasteiger partial charge in [-0.1, -0.05) is 44.2 Å². The third-order valence-corrected chi connectivity index (χ3v) is 2.19. The van der Waals surface area contributed by atoms with Gasteiger partial charge in [0.15, 0.2) is 0 Å². The van der Waals surface area contributed by atoms with Gasteiger partial charge in [0.05, 0.1) is 0 Å². The minimum Gasteiger partial charge on any atom is -0.473 e. The van der Waals surface area contributed by atoms with Crippen LogP contribution in [0.15, 0.2) is 30.3 Å². The van der Waals surface area contributed by atoms with E-state index in [1.807, 2.05) is 18.2 Å². The molecule has 0 spiro atoms. The molecule has 100 valence electrons. The van der Waals surface area contributed by atoms with E-state index in [0.29, 0.717) is 5.92 Å². The van der Waals surface area contributed by atoms with Gasteiger partial charge >= 0.3 is 11.9 Å². The first-order chi connectivity index (χ1) is 8.40. The van der Waals surface area contributed by atoms with Crippen molar-refractivity contribution in [1.29, 1.82) is 0 Å². The number of hydrazine groups is 1. The molecule has 0 aromatic heterocycles. The predicted octanol–water partition coefficient (Wildman–Crippen LogP) is 1.00. The fourth-order valence-electron chi connectivity index (χ4n) is 1.33. The van der Waals surface area contributed by atoms with E-state index in [0.717, 1.165) is 0 Å². The highest BCUT2D eigenvalue weighted by molar-refractivity contribution is 6.27. The van der Waals surface area contributed by atoms with Crippen LogP contribution in [-0.4, -0.2) is 22.2 Å². The zero-order chi connectivity index (χ0) is 14.1. The molecule has 0 saturated heterocycles. The minimum absolute atomic E-state index is 0.256. The molecule has 0 radical (unpaired) electrons. The van der Waals surface area contributed by atoms with E-state index < -0.39 is 11.9 Å². The predicted molar refractivity (Wildman–Crippen MR) is 66.6 cm³/mol. The van der Waals surface area contributed by atoms with Crippen molar-refractivity contribution >= 4 is 11.9 Å². The molecule has 1 unspecified atom stereocenters. The van der Waals surface area contributed by atoms with Gasteiger partial charge in [-0.25, -0.2) is 9.59 Å². The Morgan fingerprint density at radius 3 is 1.83 bits per heavy atom. The van der Waals surface area contributed by atoms with Crippen molar-refractivity contribution in [3.63, 3.8) is 0 Å². The summed E-state index contributed by atoms with van der Waals surface area (Å²) in [7, 11) is 0. The Kier molecular flexibility index (Phi) is 7.34. The Bertz CT molecular complexity index is 367. The quantitative estimate of drug-likeness (QED) is 0.363. The molecule has 1 aromatic carbocycles. The van der Waals surface area contributed by atoms with Gasteiger partial charge in [-0.3, -0.25) is 11.3 Å². The van der Waals surface area contributed by atoms with Crippen LogP contribution in [0.1, 0.15) is 25.5 Å². The number of carbonyl (C=O) groups is 2. The van der Waals surface area contributed by atoms with Gasteiger partial charge in [-0.05, 0) is 11.5 Å². The monoisotopic (exact) mass is 254 g/mol. The van der Waals surface area contributed by atoms with Crippen LogP contribution in [0.4, 0.5) is 0 Å². The molecule has 1 rings (SSSR count). The Morgan fingerprint density at radius 2 is 1.56 bits per heavy atom. The average Bonchev–Trinajstić information content (AvgIpc) is 2.31. The lowest BCUT2D eigenvalue weighted by atomic mass is 9.97. The average molecular weight is 254 g/mol. The van der Waals surface area contributed by atoms with Gasteiger partial charge in [0.2, 0.25) is 0 Å². The highest BCUT2D eigenvalue weighted by Gasteiger charge is 2.12. The molecule has 0 heterocycles. The van der Waals surface area contributed by atoms with E-state index in [1.165, 1.54) is 5.56 Å². The first-order valence-corrected chi connectivity index (χ1v) is 5.37. The summed E-state index contributed by atoms with van der Waals surface area (Å²) in [6, 6.07) is 10.5. The molecule has 5 N–H and O–H groups in total. The van der Waals surface area contributed by atoms with Crippen molar-refractivity contribution in [2.75, 3.05) is 0 Å². The van der Waals surface area contributed by atoms with Crippen LogP contribution >= 0.6 is 0 Å². The Hall–Kier alpha value is -1.92. The van der Waals surface area contributed by atoms with Crippen molar-refractivity contribution in [1.82, 2.24) is 5.43 Å². The molecule has 0 aliphatic heterocycles. The van der Waals surface area contributed by atoms with Crippen LogP contribution in [-0.2, 0) is 9.59 Å². The fraction of sp³-hybridized carbons (Fsp3) is 0.333. The van der Waals surface area contributed by atoms with E-state index in [-0.39, 0.29) is 6.04 Å². The van der Waals surface area contributed by atoms with Crippen LogP contribution in [0.25, 0.3) is 0 Å². The number of hydrogen-bond donors (Lipinski definition) is 4. The van der Waals surface area contributed by atoms with Gasteiger partial charge in [0, 0.05) is 6.04 Å². The SMILES string of the molecule is CC(C)C(NN)c1ccccc1.O=C(O)C(=O)O. The van der Waals surface area contributed by atoms with Crippen LogP contribution in [0.5, 0.6) is 0 Å². The summed E-state index contributed by atoms with van der Waals surface area (Å²) in [6.45, 7) is 4.30. The highest BCUT2D eigenvalue weighted by Crippen LogP contribution is 2.19. The number of rotatable bonds is 3. The smallest absolute Gasteiger partial charge is 0.414 e. The number of nitrogens with two attached hydrogens (primary N) is 1. The molecule has 1 atom stereocenters. The van der Waals surface area contributed by atoms with Crippen LogP contribution in [0.3, 0.4) is 0 Å². The summed E-state index contributed by atoms with van der Waals surface area (Å²) in [5.74, 6) is 2.32. The molecule has 1 aromatic rings. The second-order valence-corrected chi connectivity index (χ2v) is 3.91. The first-order valence-electron chi connectivity index (χ1n) is 5.37. The van der Waals surface area contributed by atoms with E-state index in [1.54, 1.807) is 0 Å². The molecular formula is C12H18N2O4. The Labute approximate surface area is 105 Å². The largest absolute Gasteiger partial charge is 0.473 e. The molecule has 0 aliphatic rings. The molecule has 0 saturated carbocycles. The van der Waals surface area contributed by atoms with Crippen molar-refractivity contribution in [2.24, 2.45) is 11.8 Å². The lowest BCUT2D eigenvalue weighted by Gasteiger charge is -2.19. The van der Waals surface area contributed by atoms with E-state index >= 15 is 0 Å². The number of carboxylic acids is 2. The maximum atomic E-state index is 9.10. The summed E-state index contributed by atoms with van der Waals surface area (Å²) in [5, 5.41) is 14.8. The zero-order valence-electron chi connectivity index (χ0n) is 10.3. The number of nitrogens with one attached hydrogen (secondary N) is 1. The number of benzene rings is 1. The second kappa shape index (κ2) is 8.21. The summed E-state index contributed by atoms with van der Waals surface area (Å²) < 4.78 is 0. The molecule has 18 heavy (non-hydrogen) atoms. The molecule has 0 fully saturated rings. The lowest BCUT2D eigenvalue weighted by Crippen LogP contribution is -2.31. The maximum Gasteiger partial charge on any atom is 0.414 e. The minimum atomic E-state index is -1.82. The molecule has 0 bridgehead atoms. The van der Waals surface area contributed by atoms with Crippen LogP contribution < -0.4 is 11.3 Å². The third kappa shape index (κ3) is 5.97. The summed E-state index contributed by atoms with van der Waals surface area (Å²) in [5.41, 5.74) is 4.06. The maximum absolute atomic E-state index is 9.10. The van der Waals surface area contributed by atoms with Crippen molar-refractivity contribution in [3.05, 3.63) is 35.9 Å². The number of carboxylic acid groups (broad SMARTS) is 2. The second-order valence-electron chi connectivity index (χ2n) is 3.91. The molecule has 0 amide bonds. The Balaban J connectivity index is 0.000000411. The van der Waals surface area contributed by atoms with Gasteiger partial charge < -0.3 is 10.2 Å². The lowest BCUT2D eigenvalue weighted by molar-refractivity contribution is -0.159. The molecular weight excluding hydrogens is 236 g/mol. The van der Waals surface area contributed by atoms with Gasteiger partial charge in [-0.2, -0.15) is 0 Å². The van der Waals surface area contributed by atoms with E-state index in [2.05, 4.69) is 31.4 Å². The standard InChI is InChI=1S/C10H16N2.C2H2O4/c1-8(2)10(12-11)9-6-4-3-5-7-9;3-1(4)2(5)6/h3-8,10,12H,11H2,1-2H3;(H,3,4)(H,5,6). The van der Waals surface area contributed by atoms with Crippen molar-refractivity contribution in [3.8, 4) is 0 Å². The normalized spacial score (nSPS) is 11.3. The van der Waals surface area contributed by atoms with Crippen LogP contribution in [0, 0.1) is 5.92 Å².